The number of anilines is 1. The molecule has 25 heavy (non-hydrogen) atoms. The molecule has 1 amide bonds. The van der Waals surface area contributed by atoms with Gasteiger partial charge < -0.3 is 0 Å². The quantitative estimate of drug-likeness (QED) is 0.677. The van der Waals surface area contributed by atoms with Gasteiger partial charge in [0, 0.05) is 6.54 Å². The lowest BCUT2D eigenvalue weighted by Crippen LogP contribution is -2.40. The van der Waals surface area contributed by atoms with Crippen molar-refractivity contribution < 1.29 is 10.0 Å². The molecule has 1 saturated carbocycles. The van der Waals surface area contributed by atoms with E-state index in [1.807, 2.05) is 42.6 Å². The Balaban J connectivity index is 1.67. The number of benzene rings is 2. The fourth-order valence-electron chi connectivity index (χ4n) is 4.23. The third-order valence-corrected chi connectivity index (χ3v) is 5.65. The van der Waals surface area contributed by atoms with Gasteiger partial charge in [0.1, 0.15) is 0 Å². The molecular formula is C21H22N2O2. The van der Waals surface area contributed by atoms with Crippen molar-refractivity contribution in [2.24, 2.45) is 16.3 Å². The zero-order valence-electron chi connectivity index (χ0n) is 14.1. The number of para-hydroxylation sites is 1. The molecule has 2 aromatic rings. The summed E-state index contributed by atoms with van der Waals surface area (Å²) in [6, 6.07) is 19.2. The molecule has 0 spiro atoms. The van der Waals surface area contributed by atoms with Crippen LogP contribution in [0.15, 0.2) is 65.7 Å². The Morgan fingerprint density at radius 2 is 1.76 bits per heavy atom. The highest BCUT2D eigenvalue weighted by molar-refractivity contribution is 5.99. The van der Waals surface area contributed by atoms with E-state index in [1.54, 1.807) is 12.1 Å². The first kappa shape index (κ1) is 16.0. The molecule has 4 nitrogen and oxygen atoms in total. The Kier molecular flexibility index (Phi) is 4.14. The zero-order chi connectivity index (χ0) is 17.3. The number of carbonyl (C=O) groups is 1. The maximum Gasteiger partial charge on any atom is 0.257 e. The van der Waals surface area contributed by atoms with E-state index in [-0.39, 0.29) is 17.7 Å². The standard InChI is InChI=1S/C21H22N2O2/c24-20(23(25)18-9-5-2-6-10-18)21(17-11-13-22-14-12-17)15-19(21)16-7-3-1-4-8-16/h1-10,13,17,19,25H,11-12,14-15H2. The van der Waals surface area contributed by atoms with Crippen molar-refractivity contribution in [3.63, 3.8) is 0 Å². The van der Waals surface area contributed by atoms with Gasteiger partial charge >= 0.3 is 0 Å². The topological polar surface area (TPSA) is 52.9 Å². The molecule has 0 bridgehead atoms. The minimum Gasteiger partial charge on any atom is -0.298 e. The largest absolute Gasteiger partial charge is 0.298 e. The fourth-order valence-corrected chi connectivity index (χ4v) is 4.23. The van der Waals surface area contributed by atoms with Crippen LogP contribution in [0.4, 0.5) is 5.69 Å². The molecule has 2 aromatic carbocycles. The Bertz CT molecular complexity index is 775. The number of rotatable bonds is 4. The third-order valence-electron chi connectivity index (χ3n) is 5.65. The number of hydrogen-bond donors (Lipinski definition) is 1. The lowest BCUT2D eigenvalue weighted by atomic mass is 9.79. The summed E-state index contributed by atoms with van der Waals surface area (Å²) in [5, 5.41) is 11.5. The van der Waals surface area contributed by atoms with E-state index in [9.17, 15) is 10.0 Å². The van der Waals surface area contributed by atoms with Crippen LogP contribution in [0, 0.1) is 11.3 Å². The molecule has 0 aromatic heterocycles. The smallest absolute Gasteiger partial charge is 0.257 e. The molecule has 1 N–H and O–H groups in total. The van der Waals surface area contributed by atoms with Crippen molar-refractivity contribution in [1.82, 2.24) is 0 Å². The van der Waals surface area contributed by atoms with Gasteiger partial charge in [-0.15, -0.1) is 0 Å². The average molecular weight is 334 g/mol. The first-order chi connectivity index (χ1) is 12.2. The molecule has 0 saturated heterocycles. The molecule has 3 unspecified atom stereocenters. The van der Waals surface area contributed by atoms with Crippen molar-refractivity contribution in [3.8, 4) is 0 Å². The predicted octanol–water partition coefficient (Wildman–Crippen LogP) is 4.06. The van der Waals surface area contributed by atoms with E-state index in [1.165, 1.54) is 5.56 Å². The molecule has 1 heterocycles. The summed E-state index contributed by atoms with van der Waals surface area (Å²) in [5.74, 6) is 0.199. The lowest BCUT2D eigenvalue weighted by Gasteiger charge is -2.31. The molecule has 1 aliphatic heterocycles. The molecule has 128 valence electrons. The van der Waals surface area contributed by atoms with Crippen LogP contribution in [0.3, 0.4) is 0 Å². The second-order valence-electron chi connectivity index (χ2n) is 6.97. The number of carbonyl (C=O) groups excluding carboxylic acids is 1. The second kappa shape index (κ2) is 6.45. The predicted molar refractivity (Wildman–Crippen MR) is 98.0 cm³/mol. The molecule has 1 aliphatic carbocycles. The van der Waals surface area contributed by atoms with Crippen LogP contribution >= 0.6 is 0 Å². The van der Waals surface area contributed by atoms with Gasteiger partial charge in [-0.1, -0.05) is 48.5 Å². The second-order valence-corrected chi connectivity index (χ2v) is 6.97. The van der Waals surface area contributed by atoms with Crippen molar-refractivity contribution in [1.29, 1.82) is 0 Å². The maximum atomic E-state index is 13.3. The third kappa shape index (κ3) is 2.76. The summed E-state index contributed by atoms with van der Waals surface area (Å²) in [5.41, 5.74) is 1.17. The van der Waals surface area contributed by atoms with Crippen LogP contribution in [-0.4, -0.2) is 23.9 Å². The van der Waals surface area contributed by atoms with Crippen molar-refractivity contribution in [2.75, 3.05) is 11.6 Å². The van der Waals surface area contributed by atoms with Crippen molar-refractivity contribution in [2.45, 2.75) is 25.2 Å². The fraction of sp³-hybridized carbons (Fsp3) is 0.333. The van der Waals surface area contributed by atoms with Gasteiger partial charge in [0.25, 0.3) is 5.91 Å². The minimum absolute atomic E-state index is 0.163. The SMILES string of the molecule is O=C(N(O)c1ccccc1)C1(C2CC=NCC2)CC1c1ccccc1. The van der Waals surface area contributed by atoms with E-state index in [0.717, 1.165) is 30.9 Å². The number of nitrogens with zero attached hydrogens (tertiary/aromatic N) is 2. The lowest BCUT2D eigenvalue weighted by molar-refractivity contribution is -0.131. The Morgan fingerprint density at radius 3 is 2.40 bits per heavy atom. The molecule has 4 rings (SSSR count). The van der Waals surface area contributed by atoms with Gasteiger partial charge in [-0.2, -0.15) is 5.06 Å². The normalized spacial score (nSPS) is 27.7. The molecule has 1 fully saturated rings. The summed E-state index contributed by atoms with van der Waals surface area (Å²) in [6.07, 6.45) is 4.43. The molecular weight excluding hydrogens is 312 g/mol. The number of hydrogen-bond acceptors (Lipinski definition) is 3. The highest BCUT2D eigenvalue weighted by Crippen LogP contribution is 2.66. The van der Waals surface area contributed by atoms with Crippen molar-refractivity contribution >= 4 is 17.8 Å². The molecule has 3 atom stereocenters. The average Bonchev–Trinajstić information content (AvgIpc) is 3.46. The van der Waals surface area contributed by atoms with Gasteiger partial charge in [-0.05, 0) is 55.0 Å². The number of aliphatic imine (C=N–C) groups is 1. The van der Waals surface area contributed by atoms with Crippen LogP contribution in [-0.2, 0) is 4.79 Å². The number of amides is 1. The zero-order valence-corrected chi connectivity index (χ0v) is 14.1. The van der Waals surface area contributed by atoms with Crippen LogP contribution in [0.1, 0.15) is 30.7 Å². The molecule has 4 heteroatoms. The molecule has 2 aliphatic rings. The first-order valence-electron chi connectivity index (χ1n) is 8.85. The van der Waals surface area contributed by atoms with E-state index in [4.69, 9.17) is 0 Å². The highest BCUT2D eigenvalue weighted by atomic mass is 16.5. The van der Waals surface area contributed by atoms with Gasteiger partial charge in [-0.3, -0.25) is 15.0 Å². The van der Waals surface area contributed by atoms with E-state index >= 15 is 0 Å². The summed E-state index contributed by atoms with van der Waals surface area (Å²) >= 11 is 0. The van der Waals surface area contributed by atoms with Gasteiger partial charge in [0.2, 0.25) is 0 Å². The Hall–Kier alpha value is -2.46. The monoisotopic (exact) mass is 334 g/mol. The highest BCUT2D eigenvalue weighted by Gasteiger charge is 2.65. The van der Waals surface area contributed by atoms with E-state index in [2.05, 4.69) is 17.1 Å². The van der Waals surface area contributed by atoms with Gasteiger partial charge in [0.05, 0.1) is 11.1 Å². The minimum atomic E-state index is -0.529. The van der Waals surface area contributed by atoms with Crippen LogP contribution in [0.5, 0.6) is 0 Å². The molecule has 0 radical (unpaired) electrons. The van der Waals surface area contributed by atoms with Crippen LogP contribution in [0.25, 0.3) is 0 Å². The maximum absolute atomic E-state index is 13.3. The van der Waals surface area contributed by atoms with Gasteiger partial charge in [-0.25, -0.2) is 0 Å². The number of hydroxylamine groups is 1. The van der Waals surface area contributed by atoms with E-state index in [0.29, 0.717) is 5.69 Å². The first-order valence-corrected chi connectivity index (χ1v) is 8.85. The van der Waals surface area contributed by atoms with Crippen LogP contribution in [0.2, 0.25) is 0 Å². The Labute approximate surface area is 147 Å². The summed E-state index contributed by atoms with van der Waals surface area (Å²) in [7, 11) is 0. The summed E-state index contributed by atoms with van der Waals surface area (Å²) in [6.45, 7) is 0.762. The summed E-state index contributed by atoms with van der Waals surface area (Å²) < 4.78 is 0. The van der Waals surface area contributed by atoms with Crippen molar-refractivity contribution in [3.05, 3.63) is 66.2 Å². The van der Waals surface area contributed by atoms with Gasteiger partial charge in [0.15, 0.2) is 0 Å². The Morgan fingerprint density at radius 1 is 1.08 bits per heavy atom. The van der Waals surface area contributed by atoms with E-state index < -0.39 is 5.41 Å². The van der Waals surface area contributed by atoms with Crippen LogP contribution < -0.4 is 5.06 Å². The summed E-state index contributed by atoms with van der Waals surface area (Å²) in [4.78, 5) is 17.7.